The third kappa shape index (κ3) is 7.48. The van der Waals surface area contributed by atoms with Gasteiger partial charge in [0.25, 0.3) is 0 Å². The predicted molar refractivity (Wildman–Crippen MR) is 174 cm³/mol. The van der Waals surface area contributed by atoms with Crippen molar-refractivity contribution in [2.24, 2.45) is 5.92 Å². The Hall–Kier alpha value is -3.66. The van der Waals surface area contributed by atoms with Crippen molar-refractivity contribution >= 4 is 23.1 Å². The molecule has 244 valence electrons. The largest absolute Gasteiger partial charge is 0.497 e. The molecule has 3 aliphatic rings. The number of carbonyl (C=O) groups excluding carboxylic acids is 1. The number of fused-ring (bicyclic) bond motifs is 2. The number of hydrogen-bond acceptors (Lipinski definition) is 6. The molecule has 0 aromatic heterocycles. The highest BCUT2D eigenvalue weighted by molar-refractivity contribution is 6.32. The smallest absolute Gasteiger partial charge is 0.223 e. The number of methoxy groups -OCH3 is 2. The van der Waals surface area contributed by atoms with E-state index in [9.17, 15) is 13.6 Å². The first-order chi connectivity index (χ1) is 22.3. The monoisotopic (exact) mass is 651 g/mol. The summed E-state index contributed by atoms with van der Waals surface area (Å²) < 4.78 is 44.1. The summed E-state index contributed by atoms with van der Waals surface area (Å²) in [4.78, 5) is 16.1. The van der Waals surface area contributed by atoms with E-state index in [0.717, 1.165) is 54.8 Å². The highest BCUT2D eigenvalue weighted by Gasteiger charge is 2.39. The van der Waals surface area contributed by atoms with E-state index in [4.69, 9.17) is 25.8 Å². The second kappa shape index (κ2) is 14.4. The van der Waals surface area contributed by atoms with E-state index in [2.05, 4.69) is 41.0 Å². The molecule has 2 fully saturated rings. The fraction of sp³-hybridized carbons (Fsp3) is 0.417. The molecule has 0 unspecified atom stereocenters. The first-order valence-electron chi connectivity index (χ1n) is 15.9. The van der Waals surface area contributed by atoms with E-state index < -0.39 is 11.6 Å². The molecule has 46 heavy (non-hydrogen) atoms. The van der Waals surface area contributed by atoms with Crippen molar-refractivity contribution < 1.29 is 27.8 Å². The van der Waals surface area contributed by atoms with Gasteiger partial charge in [-0.05, 0) is 72.2 Å². The number of carbonyl (C=O) groups is 1. The van der Waals surface area contributed by atoms with Crippen LogP contribution in [-0.4, -0.2) is 62.8 Å². The lowest BCUT2D eigenvalue weighted by atomic mass is 9.78. The van der Waals surface area contributed by atoms with Gasteiger partial charge in [0.1, 0.15) is 22.3 Å². The molecule has 2 bridgehead atoms. The number of benzene rings is 3. The maximum absolute atomic E-state index is 14.0. The van der Waals surface area contributed by atoms with Gasteiger partial charge < -0.3 is 29.7 Å². The topological polar surface area (TPSA) is 72.1 Å². The average molecular weight is 652 g/mol. The van der Waals surface area contributed by atoms with Gasteiger partial charge in [0.05, 0.1) is 20.8 Å². The number of piperazine rings is 1. The Morgan fingerprint density at radius 1 is 0.957 bits per heavy atom. The molecule has 1 saturated heterocycles. The minimum atomic E-state index is -0.710. The Morgan fingerprint density at radius 3 is 2.37 bits per heavy atom. The number of aryl methyl sites for hydroxylation is 1. The molecule has 3 aromatic rings. The van der Waals surface area contributed by atoms with Crippen LogP contribution in [0.2, 0.25) is 5.02 Å². The summed E-state index contributed by atoms with van der Waals surface area (Å²) in [6.45, 7) is 2.37. The van der Waals surface area contributed by atoms with Gasteiger partial charge >= 0.3 is 0 Å². The molecule has 10 heteroatoms. The lowest BCUT2D eigenvalue weighted by molar-refractivity contribution is -0.133. The minimum absolute atomic E-state index is 0.0165. The van der Waals surface area contributed by atoms with Crippen LogP contribution in [0.3, 0.4) is 0 Å². The predicted octanol–water partition coefficient (Wildman–Crippen LogP) is 6.17. The van der Waals surface area contributed by atoms with Crippen LogP contribution in [-0.2, 0) is 17.8 Å². The average Bonchev–Trinajstić information content (AvgIpc) is 3.92. The normalized spacial score (nSPS) is 20.5. The van der Waals surface area contributed by atoms with Crippen LogP contribution in [0.1, 0.15) is 42.4 Å². The second-order valence-electron chi connectivity index (χ2n) is 12.3. The number of nitrogens with zero attached hydrogens (tertiary/aromatic N) is 1. The van der Waals surface area contributed by atoms with Gasteiger partial charge in [-0.15, -0.1) is 0 Å². The van der Waals surface area contributed by atoms with E-state index in [1.54, 1.807) is 14.2 Å². The maximum Gasteiger partial charge on any atom is 0.223 e. The van der Waals surface area contributed by atoms with Crippen LogP contribution in [0.15, 0.2) is 60.7 Å². The Balaban J connectivity index is 1.13. The third-order valence-corrected chi connectivity index (χ3v) is 9.39. The first kappa shape index (κ1) is 32.3. The van der Waals surface area contributed by atoms with Crippen molar-refractivity contribution in [3.63, 3.8) is 0 Å². The zero-order valence-corrected chi connectivity index (χ0v) is 26.9. The van der Waals surface area contributed by atoms with Gasteiger partial charge in [0, 0.05) is 56.2 Å². The van der Waals surface area contributed by atoms with Gasteiger partial charge in [-0.2, -0.15) is 0 Å². The molecule has 2 N–H and O–H groups in total. The molecule has 3 aromatic carbocycles. The molecule has 7 nitrogen and oxygen atoms in total. The summed E-state index contributed by atoms with van der Waals surface area (Å²) in [5.74, 6) is -0.0589. The van der Waals surface area contributed by atoms with Crippen LogP contribution >= 0.6 is 11.6 Å². The van der Waals surface area contributed by atoms with Crippen LogP contribution in [0.4, 0.5) is 8.78 Å². The lowest BCUT2D eigenvalue weighted by Crippen LogP contribution is -2.60. The van der Waals surface area contributed by atoms with Crippen LogP contribution < -0.4 is 24.8 Å². The number of nitrogens with one attached hydrogen (secondary N) is 2. The number of rotatable bonds is 13. The summed E-state index contributed by atoms with van der Waals surface area (Å²) >= 11 is 5.87. The molecule has 1 aliphatic carbocycles. The van der Waals surface area contributed by atoms with Gasteiger partial charge in [-0.25, -0.2) is 8.78 Å². The fourth-order valence-corrected chi connectivity index (χ4v) is 6.70. The summed E-state index contributed by atoms with van der Waals surface area (Å²) in [5, 5.41) is 6.91. The molecular weight excluding hydrogens is 612 g/mol. The van der Waals surface area contributed by atoms with Crippen LogP contribution in [0.25, 0.3) is 5.57 Å². The highest BCUT2D eigenvalue weighted by atomic mass is 35.5. The number of amides is 1. The number of halogens is 3. The number of hydrogen-bond donors (Lipinski definition) is 2. The van der Waals surface area contributed by atoms with E-state index in [1.165, 1.54) is 5.57 Å². The van der Waals surface area contributed by atoms with Crippen molar-refractivity contribution in [2.75, 3.05) is 33.9 Å². The van der Waals surface area contributed by atoms with Crippen molar-refractivity contribution in [1.29, 1.82) is 0 Å². The van der Waals surface area contributed by atoms with Crippen LogP contribution in [0, 0.1) is 17.6 Å². The lowest BCUT2D eigenvalue weighted by Gasteiger charge is -2.42. The summed E-state index contributed by atoms with van der Waals surface area (Å²) in [6.07, 6.45) is 6.03. The summed E-state index contributed by atoms with van der Waals surface area (Å²) in [6, 6.07) is 16.8. The molecule has 0 radical (unpaired) electrons. The Bertz CT molecular complexity index is 1560. The van der Waals surface area contributed by atoms with E-state index >= 15 is 0 Å². The third-order valence-electron chi connectivity index (χ3n) is 9.03. The summed E-state index contributed by atoms with van der Waals surface area (Å²) in [5.41, 5.74) is 4.41. The SMILES string of the molecule is COc1cc(CN(C(=O)C[C@@H]2C(c3ccc(CCCOc4c(F)ccc(F)c4Cl)cc3)=C[C@@H]3CNC[C@H]2N3)C2CC2)cc(OC)c1. The molecule has 2 aliphatic heterocycles. The van der Waals surface area contributed by atoms with Crippen molar-refractivity contribution in [2.45, 2.75) is 56.8 Å². The van der Waals surface area contributed by atoms with E-state index in [-0.39, 0.29) is 47.3 Å². The summed E-state index contributed by atoms with van der Waals surface area (Å²) in [7, 11) is 3.26. The molecule has 1 amide bonds. The first-order valence-corrected chi connectivity index (χ1v) is 16.3. The van der Waals surface area contributed by atoms with Crippen molar-refractivity contribution in [3.8, 4) is 17.2 Å². The molecule has 1 saturated carbocycles. The van der Waals surface area contributed by atoms with Crippen molar-refractivity contribution in [1.82, 2.24) is 15.5 Å². The second-order valence-corrected chi connectivity index (χ2v) is 12.6. The number of ether oxygens (including phenoxy) is 3. The molecule has 0 spiro atoms. The molecule has 3 atom stereocenters. The highest BCUT2D eigenvalue weighted by Crippen LogP contribution is 2.37. The van der Waals surface area contributed by atoms with Gasteiger partial charge in [-0.3, -0.25) is 4.79 Å². The quantitative estimate of drug-likeness (QED) is 0.170. The zero-order chi connectivity index (χ0) is 32.2. The minimum Gasteiger partial charge on any atom is -0.497 e. The van der Waals surface area contributed by atoms with Crippen molar-refractivity contribution in [3.05, 3.63) is 94.0 Å². The van der Waals surface area contributed by atoms with Crippen LogP contribution in [0.5, 0.6) is 17.2 Å². The van der Waals surface area contributed by atoms with E-state index in [0.29, 0.717) is 37.3 Å². The zero-order valence-electron chi connectivity index (χ0n) is 26.2. The molecular formula is C36H40ClF2N3O4. The van der Waals surface area contributed by atoms with Gasteiger partial charge in [-0.1, -0.05) is 41.9 Å². The van der Waals surface area contributed by atoms with Gasteiger partial charge in [0.2, 0.25) is 5.91 Å². The molecule has 2 heterocycles. The van der Waals surface area contributed by atoms with Gasteiger partial charge in [0.15, 0.2) is 11.6 Å². The van der Waals surface area contributed by atoms with E-state index in [1.807, 2.05) is 23.1 Å². The maximum atomic E-state index is 14.0. The fourth-order valence-electron chi connectivity index (χ4n) is 6.49. The Kier molecular flexibility index (Phi) is 10.1. The Labute approximate surface area is 273 Å². The standard InChI is InChI=1S/C36H40ClF2N3O4/c1-44-27-14-23(15-28(17-27)45-2)21-42(26-9-10-26)34(43)18-30-29(16-25-19-40-20-33(30)41-25)24-7-5-22(6-8-24)4-3-13-46-36-32(39)12-11-31(38)35(36)37/h5-8,11-12,14-17,25-26,30,33,40-41H,3-4,9-10,13,18-21H2,1-2H3/t25-,30-,33-/m1/s1. The Morgan fingerprint density at radius 2 is 1.67 bits per heavy atom. The molecule has 6 rings (SSSR count).